The zero-order chi connectivity index (χ0) is 13.2. The van der Waals surface area contributed by atoms with Gasteiger partial charge in [-0.15, -0.1) is 0 Å². The first-order valence-electron chi connectivity index (χ1n) is 7.54. The Morgan fingerprint density at radius 3 is 1.94 bits per heavy atom. The van der Waals surface area contributed by atoms with Gasteiger partial charge in [-0.3, -0.25) is 4.79 Å². The molecule has 106 valence electrons. The number of esters is 1. The van der Waals surface area contributed by atoms with Crippen molar-refractivity contribution in [1.82, 2.24) is 0 Å². The van der Waals surface area contributed by atoms with Crippen molar-refractivity contribution < 1.29 is 14.6 Å². The van der Waals surface area contributed by atoms with E-state index in [1.54, 1.807) is 0 Å². The molecule has 1 N–H and O–H groups in total. The molecule has 1 aliphatic carbocycles. The third kappa shape index (κ3) is 7.70. The largest absolute Gasteiger partial charge is 0.463 e. The lowest BCUT2D eigenvalue weighted by atomic mass is 10.0. The summed E-state index contributed by atoms with van der Waals surface area (Å²) in [7, 11) is 0. The summed E-state index contributed by atoms with van der Waals surface area (Å²) in [6, 6.07) is 0. The van der Waals surface area contributed by atoms with Gasteiger partial charge in [0, 0.05) is 6.92 Å². The van der Waals surface area contributed by atoms with Crippen molar-refractivity contribution in [3.8, 4) is 0 Å². The monoisotopic (exact) mass is 256 g/mol. The van der Waals surface area contributed by atoms with E-state index in [0.29, 0.717) is 0 Å². The Morgan fingerprint density at radius 2 is 1.33 bits per heavy atom. The van der Waals surface area contributed by atoms with Crippen molar-refractivity contribution >= 4 is 5.97 Å². The smallest absolute Gasteiger partial charge is 0.302 e. The van der Waals surface area contributed by atoms with Gasteiger partial charge in [-0.05, 0) is 38.5 Å². The molecular weight excluding hydrogens is 228 g/mol. The Hall–Kier alpha value is -0.570. The van der Waals surface area contributed by atoms with E-state index in [0.717, 1.165) is 51.4 Å². The summed E-state index contributed by atoms with van der Waals surface area (Å²) >= 11 is 0. The minimum atomic E-state index is -0.163. The maximum atomic E-state index is 11.0. The fraction of sp³-hybridized carbons (Fsp3) is 0.933. The number of ether oxygens (including phenoxy) is 1. The van der Waals surface area contributed by atoms with E-state index in [1.165, 1.54) is 26.2 Å². The fourth-order valence-electron chi connectivity index (χ4n) is 2.68. The lowest BCUT2D eigenvalue weighted by molar-refractivity contribution is -0.147. The molecule has 1 fully saturated rings. The molecule has 18 heavy (non-hydrogen) atoms. The van der Waals surface area contributed by atoms with Crippen LogP contribution in [0.1, 0.15) is 77.6 Å². The van der Waals surface area contributed by atoms with E-state index in [9.17, 15) is 9.90 Å². The predicted molar refractivity (Wildman–Crippen MR) is 72.3 cm³/mol. The summed E-state index contributed by atoms with van der Waals surface area (Å²) in [4.78, 5) is 11.0. The van der Waals surface area contributed by atoms with Crippen molar-refractivity contribution in [3.63, 3.8) is 0 Å². The molecule has 3 nitrogen and oxygen atoms in total. The van der Waals surface area contributed by atoms with Crippen molar-refractivity contribution in [1.29, 1.82) is 0 Å². The molecule has 0 saturated heterocycles. The minimum absolute atomic E-state index is 0.0976. The Morgan fingerprint density at radius 1 is 0.889 bits per heavy atom. The zero-order valence-corrected chi connectivity index (χ0v) is 11.7. The molecule has 1 rings (SSSR count). The van der Waals surface area contributed by atoms with Crippen LogP contribution in [0.2, 0.25) is 0 Å². The average Bonchev–Trinajstić information content (AvgIpc) is 2.33. The molecule has 0 aromatic heterocycles. The van der Waals surface area contributed by atoms with E-state index in [2.05, 4.69) is 0 Å². The first-order valence-corrected chi connectivity index (χ1v) is 7.54. The quantitative estimate of drug-likeness (QED) is 0.729. The van der Waals surface area contributed by atoms with Gasteiger partial charge in [0.05, 0.1) is 6.10 Å². The Kier molecular flexibility index (Phi) is 8.06. The normalized spacial score (nSPS) is 28.6. The molecule has 2 unspecified atom stereocenters. The topological polar surface area (TPSA) is 46.5 Å². The van der Waals surface area contributed by atoms with Gasteiger partial charge in [-0.2, -0.15) is 0 Å². The highest BCUT2D eigenvalue weighted by molar-refractivity contribution is 5.66. The highest BCUT2D eigenvalue weighted by Gasteiger charge is 2.13. The molecule has 1 saturated carbocycles. The molecule has 0 spiro atoms. The van der Waals surface area contributed by atoms with Crippen LogP contribution in [-0.2, 0) is 9.53 Å². The molecule has 3 heteroatoms. The average molecular weight is 256 g/mol. The summed E-state index contributed by atoms with van der Waals surface area (Å²) in [5, 5.41) is 9.79. The van der Waals surface area contributed by atoms with Crippen LogP contribution in [0.3, 0.4) is 0 Å². The van der Waals surface area contributed by atoms with Crippen LogP contribution in [0.4, 0.5) is 0 Å². The Bertz CT molecular complexity index is 228. The van der Waals surface area contributed by atoms with Gasteiger partial charge in [0.2, 0.25) is 0 Å². The van der Waals surface area contributed by atoms with Crippen molar-refractivity contribution in [2.24, 2.45) is 0 Å². The van der Waals surface area contributed by atoms with Crippen LogP contribution in [0.15, 0.2) is 0 Å². The van der Waals surface area contributed by atoms with Crippen molar-refractivity contribution in [3.05, 3.63) is 0 Å². The van der Waals surface area contributed by atoms with Gasteiger partial charge in [0.1, 0.15) is 6.10 Å². The molecule has 0 aliphatic heterocycles. The van der Waals surface area contributed by atoms with Crippen LogP contribution in [0.25, 0.3) is 0 Å². The molecule has 0 bridgehead atoms. The molecule has 0 radical (unpaired) electrons. The number of aliphatic hydroxyl groups is 1. The highest BCUT2D eigenvalue weighted by Crippen LogP contribution is 2.19. The molecule has 0 heterocycles. The third-order valence-electron chi connectivity index (χ3n) is 3.71. The van der Waals surface area contributed by atoms with Crippen LogP contribution < -0.4 is 0 Å². The van der Waals surface area contributed by atoms with E-state index in [1.807, 2.05) is 0 Å². The first-order chi connectivity index (χ1) is 8.68. The van der Waals surface area contributed by atoms with E-state index in [-0.39, 0.29) is 18.2 Å². The Labute approximate surface area is 111 Å². The van der Waals surface area contributed by atoms with Gasteiger partial charge in [-0.25, -0.2) is 0 Å². The minimum Gasteiger partial charge on any atom is -0.463 e. The number of carbonyl (C=O) groups is 1. The van der Waals surface area contributed by atoms with E-state index < -0.39 is 0 Å². The zero-order valence-electron chi connectivity index (χ0n) is 11.7. The molecule has 0 amide bonds. The number of hydrogen-bond acceptors (Lipinski definition) is 3. The fourth-order valence-corrected chi connectivity index (χ4v) is 2.68. The molecule has 0 aromatic rings. The van der Waals surface area contributed by atoms with Gasteiger partial charge in [0.25, 0.3) is 0 Å². The highest BCUT2D eigenvalue weighted by atomic mass is 16.5. The molecule has 2 atom stereocenters. The third-order valence-corrected chi connectivity index (χ3v) is 3.71. The molecule has 1 aliphatic rings. The molecule has 0 aromatic carbocycles. The van der Waals surface area contributed by atoms with Crippen molar-refractivity contribution in [2.75, 3.05) is 0 Å². The SMILES string of the molecule is CC(=O)OC1CCCCCCCC(O)CCCC1. The number of aliphatic hydroxyl groups excluding tert-OH is 1. The predicted octanol–water partition coefficient (Wildman–Crippen LogP) is 3.58. The lowest BCUT2D eigenvalue weighted by Crippen LogP contribution is -2.16. The van der Waals surface area contributed by atoms with E-state index >= 15 is 0 Å². The number of hydrogen-bond donors (Lipinski definition) is 1. The van der Waals surface area contributed by atoms with Crippen LogP contribution >= 0.6 is 0 Å². The standard InChI is InChI=1S/C15H28O3/c1-13(16)18-15-11-6-4-2-3-5-9-14(17)10-7-8-12-15/h14-15,17H,2-12H2,1H3. The van der Waals surface area contributed by atoms with Crippen LogP contribution in [0, 0.1) is 0 Å². The maximum absolute atomic E-state index is 11.0. The first kappa shape index (κ1) is 15.5. The second kappa shape index (κ2) is 9.37. The maximum Gasteiger partial charge on any atom is 0.302 e. The number of rotatable bonds is 1. The van der Waals surface area contributed by atoms with E-state index in [4.69, 9.17) is 4.74 Å². The Balaban J connectivity index is 2.34. The van der Waals surface area contributed by atoms with Gasteiger partial charge in [0.15, 0.2) is 0 Å². The van der Waals surface area contributed by atoms with Crippen molar-refractivity contribution in [2.45, 2.75) is 89.8 Å². The summed E-state index contributed by atoms with van der Waals surface area (Å²) < 4.78 is 5.35. The second-order valence-electron chi connectivity index (χ2n) is 5.51. The second-order valence-corrected chi connectivity index (χ2v) is 5.51. The van der Waals surface area contributed by atoms with Gasteiger partial charge in [-0.1, -0.05) is 32.1 Å². The summed E-state index contributed by atoms with van der Waals surface area (Å²) in [5.41, 5.74) is 0. The summed E-state index contributed by atoms with van der Waals surface area (Å²) in [6.07, 6.45) is 11.8. The van der Waals surface area contributed by atoms with Crippen LogP contribution in [0.5, 0.6) is 0 Å². The van der Waals surface area contributed by atoms with Gasteiger partial charge >= 0.3 is 5.97 Å². The number of carbonyl (C=O) groups excluding carboxylic acids is 1. The summed E-state index contributed by atoms with van der Waals surface area (Å²) in [6.45, 7) is 1.49. The summed E-state index contributed by atoms with van der Waals surface area (Å²) in [5.74, 6) is -0.163. The van der Waals surface area contributed by atoms with Gasteiger partial charge < -0.3 is 9.84 Å². The van der Waals surface area contributed by atoms with Crippen LogP contribution in [-0.4, -0.2) is 23.3 Å². The lowest BCUT2D eigenvalue weighted by Gasteiger charge is -2.17. The molecular formula is C15H28O3.